The number of primary amides is 3. The van der Waals surface area contributed by atoms with Crippen molar-refractivity contribution in [3.63, 3.8) is 0 Å². The molecule has 0 bridgehead atoms. The Hall–Kier alpha value is -10.4. The Morgan fingerprint density at radius 1 is 0.598 bits per heavy atom. The molecule has 26 nitrogen and oxygen atoms in total. The minimum absolute atomic E-state index is 0. The number of amides is 6. The fourth-order valence-corrected chi connectivity index (χ4v) is 8.96. The average molecular weight is 1330 g/mol. The zero-order valence-electron chi connectivity index (χ0n) is 47.7. The van der Waals surface area contributed by atoms with Crippen molar-refractivity contribution in [1.29, 1.82) is 0 Å². The van der Waals surface area contributed by atoms with E-state index in [9.17, 15) is 75.6 Å². The van der Waals surface area contributed by atoms with Crippen LogP contribution >= 0.6 is 23.2 Å². The lowest BCUT2D eigenvalue weighted by molar-refractivity contribution is -0.192. The van der Waals surface area contributed by atoms with Gasteiger partial charge in [-0.1, -0.05) is 67.7 Å². The van der Waals surface area contributed by atoms with Crippen molar-refractivity contribution in [2.45, 2.75) is 97.8 Å². The summed E-state index contributed by atoms with van der Waals surface area (Å²) in [5, 5.41) is 62.7. The molecule has 0 atom stereocenters. The number of nitrogens with one attached hydrogen (secondary N) is 2. The van der Waals surface area contributed by atoms with Crippen molar-refractivity contribution in [3.8, 4) is 17.2 Å². The number of Topliss-reactive ketones (excluding diaryl/α,β-unsaturated/α-hetero) is 1. The first-order valence-corrected chi connectivity index (χ1v) is 27.8. The number of phenolic OH excluding ortho intramolecular Hbond substituents is 3. The monoisotopic (exact) mass is 1330 g/mol. The van der Waals surface area contributed by atoms with Crippen LogP contribution in [0.5, 0.6) is 17.2 Å². The minimum atomic E-state index is -5.08. The minimum Gasteiger partial charge on any atom is -0.508 e. The normalized spacial score (nSPS) is 12.2. The third-order valence-electron chi connectivity index (χ3n) is 13.2. The van der Waals surface area contributed by atoms with Gasteiger partial charge in [0.2, 0.25) is 17.7 Å². The standard InChI is InChI=1S/C22H21ClFN5O4.C13H15ClFNO.C11H11N3O3.C10H9N3O4.C2HF3O2.CH4/c23-16-3-1-2-12(20(16)24)9-26-18(31)10-28(13-4-5-13)19(32)11-29-17-7-6-14(30)8-15(17)21(27-29)22(25)33;14-11-3-1-2-10(13(11)15)8-16-12(17)7-6-9-4-5-9;1-6(15)5-14-9-3-2-7(16)4-8(9)10(13-14)11(12)17;11-10(17)9-6-3-5(14)1-2-7(6)13(12-9)4-8(15)16;3-2(4,5)1(6)7;/h1-3,6-8,13,30H,4-5,9-11H2,(H2,25,33)(H,26,31);1-3,9H,4-8H2,(H,16,17);2-4,16H,5H2,1H3,(H2,12,17);1-3,14H,4H2,(H2,11,17)(H,15,16);(H,6,7);1H4. The van der Waals surface area contributed by atoms with Crippen LogP contribution in [0.15, 0.2) is 91.0 Å². The summed E-state index contributed by atoms with van der Waals surface area (Å²) in [7, 11) is 0. The fraction of sp³-hybridized carbons (Fsp3) is 0.288. The van der Waals surface area contributed by atoms with E-state index in [1.165, 1.54) is 101 Å². The van der Waals surface area contributed by atoms with Gasteiger partial charge >= 0.3 is 18.1 Å². The Morgan fingerprint density at radius 2 is 0.978 bits per heavy atom. The molecule has 33 heteroatoms. The van der Waals surface area contributed by atoms with Gasteiger partial charge in [0.15, 0.2) is 22.9 Å². The van der Waals surface area contributed by atoms with Crippen molar-refractivity contribution in [1.82, 2.24) is 44.9 Å². The van der Waals surface area contributed by atoms with Crippen molar-refractivity contribution >= 4 is 109 Å². The SMILES string of the molecule is C.CC(=O)Cn1nc(C(N)=O)c2cc(O)ccc21.NC(=O)c1nn(CC(=O)N(CC(=O)NCc2cccc(Cl)c2F)C2CC2)c2ccc(O)cc12.NC(=O)c1nn(CC(=O)O)c2ccc(O)cc12.O=C(CCC1CC1)NCc1cccc(Cl)c1F.O=C(O)C(F)(F)F. The number of aromatic hydroxyl groups is 3. The van der Waals surface area contributed by atoms with E-state index in [0.717, 1.165) is 29.9 Å². The van der Waals surface area contributed by atoms with E-state index in [4.69, 9.17) is 55.4 Å². The molecule has 2 fully saturated rings. The van der Waals surface area contributed by atoms with E-state index in [1.54, 1.807) is 24.3 Å². The van der Waals surface area contributed by atoms with Gasteiger partial charge in [-0.05, 0) is 98.8 Å². The number of hydrogen-bond donors (Lipinski definition) is 10. The van der Waals surface area contributed by atoms with Crippen molar-refractivity contribution < 1.29 is 90.6 Å². The molecule has 0 unspecified atom stereocenters. The van der Waals surface area contributed by atoms with E-state index in [2.05, 4.69) is 25.9 Å². The molecule has 2 saturated carbocycles. The molecule has 0 radical (unpaired) electrons. The van der Waals surface area contributed by atoms with Gasteiger partial charge in [-0.15, -0.1) is 0 Å². The topological polar surface area (TPSA) is 414 Å². The Bertz CT molecular complexity index is 3980. The van der Waals surface area contributed by atoms with E-state index in [0.29, 0.717) is 44.7 Å². The Morgan fingerprint density at radius 3 is 1.33 bits per heavy atom. The summed E-state index contributed by atoms with van der Waals surface area (Å²) < 4.78 is 63.1. The van der Waals surface area contributed by atoms with Crippen LogP contribution in [0.1, 0.15) is 95.5 Å². The summed E-state index contributed by atoms with van der Waals surface area (Å²) in [6, 6.07) is 22.2. The highest BCUT2D eigenvalue weighted by atomic mass is 35.5. The zero-order chi connectivity index (χ0) is 67.2. The Labute approximate surface area is 528 Å². The molecule has 3 heterocycles. The lowest BCUT2D eigenvalue weighted by Gasteiger charge is -2.22. The molecule has 13 N–H and O–H groups in total. The van der Waals surface area contributed by atoms with Crippen molar-refractivity contribution in [2.24, 2.45) is 23.1 Å². The molecule has 10 rings (SSSR count). The van der Waals surface area contributed by atoms with Crippen LogP contribution in [-0.4, -0.2) is 132 Å². The van der Waals surface area contributed by atoms with Gasteiger partial charge < -0.3 is 58.3 Å². The number of aliphatic carboxylic acids is 2. The lowest BCUT2D eigenvalue weighted by Crippen LogP contribution is -2.43. The highest BCUT2D eigenvalue weighted by Crippen LogP contribution is 2.34. The number of fused-ring (bicyclic) bond motifs is 3. The number of alkyl halides is 3. The predicted octanol–water partition coefficient (Wildman–Crippen LogP) is 6.85. The molecule has 0 saturated heterocycles. The number of nitrogens with two attached hydrogens (primary N) is 3. The lowest BCUT2D eigenvalue weighted by atomic mass is 10.2. The average Bonchev–Trinajstić information content (AvgIpc) is 1.67. The molecular weight excluding hydrogens is 1270 g/mol. The summed E-state index contributed by atoms with van der Waals surface area (Å²) in [6.45, 7) is 0.833. The number of benzene rings is 5. The maximum atomic E-state index is 14.0. The number of carboxylic acids is 2. The van der Waals surface area contributed by atoms with Gasteiger partial charge in [-0.3, -0.25) is 52.4 Å². The van der Waals surface area contributed by atoms with Gasteiger partial charge in [-0.25, -0.2) is 13.6 Å². The highest BCUT2D eigenvalue weighted by molar-refractivity contribution is 6.31. The number of carbonyl (C=O) groups is 9. The largest absolute Gasteiger partial charge is 0.508 e. The highest BCUT2D eigenvalue weighted by Gasteiger charge is 2.38. The van der Waals surface area contributed by atoms with E-state index in [1.807, 2.05) is 0 Å². The van der Waals surface area contributed by atoms with Gasteiger partial charge in [-0.2, -0.15) is 28.5 Å². The Balaban J connectivity index is 0.000000224. The number of ketones is 1. The van der Waals surface area contributed by atoms with Crippen LogP contribution < -0.4 is 27.8 Å². The van der Waals surface area contributed by atoms with Crippen LogP contribution in [0, 0.1) is 17.6 Å². The van der Waals surface area contributed by atoms with Crippen LogP contribution in [0.4, 0.5) is 22.0 Å². The van der Waals surface area contributed by atoms with E-state index < -0.39 is 53.4 Å². The van der Waals surface area contributed by atoms with Crippen molar-refractivity contribution in [2.75, 3.05) is 6.54 Å². The smallest absolute Gasteiger partial charge is 0.490 e. The number of hydrogen-bond acceptors (Lipinski definition) is 15. The number of carboxylic acid groups (broad SMARTS) is 2. The number of aromatic nitrogens is 6. The number of carbonyl (C=O) groups excluding carboxylic acids is 7. The van der Waals surface area contributed by atoms with E-state index >= 15 is 0 Å². The molecular formula is C59H61Cl2F5N12O14. The van der Waals surface area contributed by atoms with Crippen LogP contribution in [0.25, 0.3) is 32.7 Å². The Kier molecular flexibility index (Phi) is 25.0. The third-order valence-corrected chi connectivity index (χ3v) is 13.8. The first kappa shape index (κ1) is 72.3. The summed E-state index contributed by atoms with van der Waals surface area (Å²) in [6.07, 6.45) is 0.424. The second-order valence-electron chi connectivity index (χ2n) is 20.3. The summed E-state index contributed by atoms with van der Waals surface area (Å²) in [4.78, 5) is 103. The molecule has 490 valence electrons. The van der Waals surface area contributed by atoms with Crippen LogP contribution in [-0.2, 0) is 61.5 Å². The molecule has 6 amide bonds. The molecule has 8 aromatic rings. The summed E-state index contributed by atoms with van der Waals surface area (Å²) in [5.41, 5.74) is 17.8. The molecule has 0 spiro atoms. The fourth-order valence-electron chi connectivity index (χ4n) is 8.57. The summed E-state index contributed by atoms with van der Waals surface area (Å²) in [5.74, 6) is -7.41. The zero-order valence-corrected chi connectivity index (χ0v) is 49.2. The van der Waals surface area contributed by atoms with Crippen molar-refractivity contribution in [3.05, 3.63) is 141 Å². The second-order valence-corrected chi connectivity index (χ2v) is 21.1. The molecule has 0 aliphatic heterocycles. The maximum Gasteiger partial charge on any atom is 0.490 e. The van der Waals surface area contributed by atoms with Gasteiger partial charge in [0.25, 0.3) is 17.7 Å². The van der Waals surface area contributed by atoms with Gasteiger partial charge in [0.1, 0.15) is 42.0 Å². The number of phenols is 3. The van der Waals surface area contributed by atoms with Crippen LogP contribution in [0.2, 0.25) is 10.0 Å². The maximum absolute atomic E-state index is 14.0. The van der Waals surface area contributed by atoms with Gasteiger partial charge in [0, 0.05) is 52.8 Å². The number of halogens is 7. The number of rotatable bonds is 19. The summed E-state index contributed by atoms with van der Waals surface area (Å²) >= 11 is 11.4. The molecule has 5 aromatic carbocycles. The molecule has 3 aromatic heterocycles. The van der Waals surface area contributed by atoms with Crippen LogP contribution in [0.3, 0.4) is 0 Å². The second kappa shape index (κ2) is 31.8. The first-order valence-electron chi connectivity index (χ1n) is 27.0. The molecule has 2 aliphatic carbocycles. The van der Waals surface area contributed by atoms with E-state index in [-0.39, 0.29) is 120 Å². The quantitative estimate of drug-likeness (QED) is 0.0370. The third kappa shape index (κ3) is 20.3. The predicted molar refractivity (Wildman–Crippen MR) is 322 cm³/mol. The number of nitrogens with zero attached hydrogens (tertiary/aromatic N) is 7. The first-order chi connectivity index (χ1) is 42.8. The molecule has 92 heavy (non-hydrogen) atoms. The molecule has 2 aliphatic rings. The van der Waals surface area contributed by atoms with Gasteiger partial charge in [0.05, 0.1) is 39.7 Å².